The van der Waals surface area contributed by atoms with Crippen LogP contribution in [-0.2, 0) is 9.53 Å². The molecule has 0 saturated carbocycles. The van der Waals surface area contributed by atoms with Crippen molar-refractivity contribution >= 4 is 46.0 Å². The van der Waals surface area contributed by atoms with Crippen LogP contribution in [0.2, 0.25) is 0 Å². The van der Waals surface area contributed by atoms with Crippen LogP contribution in [0.1, 0.15) is 23.2 Å². The molecule has 1 aromatic carbocycles. The van der Waals surface area contributed by atoms with Gasteiger partial charge in [0.25, 0.3) is 5.91 Å². The summed E-state index contributed by atoms with van der Waals surface area (Å²) in [6, 6.07) is 11.5. The van der Waals surface area contributed by atoms with Gasteiger partial charge >= 0.3 is 6.09 Å². The number of thioether (sulfide) groups is 1. The third-order valence-electron chi connectivity index (χ3n) is 3.12. The molecule has 0 aliphatic heterocycles. The summed E-state index contributed by atoms with van der Waals surface area (Å²) in [5.74, 6) is 0.0589. The standard InChI is InChI=1S/C17H18N2O4S2/c1-23-17(22)19-15(21)13-9-11-25-16(13)18-14(20)8-5-10-24-12-6-3-2-4-7-12/h2-4,6-7,9,11H,5,8,10H2,1H3,(H,18,20)(H,19,21,22). The van der Waals surface area contributed by atoms with Crippen molar-refractivity contribution in [2.45, 2.75) is 17.7 Å². The van der Waals surface area contributed by atoms with Crippen LogP contribution in [0.3, 0.4) is 0 Å². The molecular weight excluding hydrogens is 360 g/mol. The van der Waals surface area contributed by atoms with Gasteiger partial charge in [-0.2, -0.15) is 0 Å². The highest BCUT2D eigenvalue weighted by Crippen LogP contribution is 2.24. The zero-order valence-electron chi connectivity index (χ0n) is 13.6. The van der Waals surface area contributed by atoms with Gasteiger partial charge in [-0.3, -0.25) is 14.9 Å². The Morgan fingerprint density at radius 3 is 2.64 bits per heavy atom. The van der Waals surface area contributed by atoms with E-state index < -0.39 is 12.0 Å². The Balaban J connectivity index is 1.78. The molecule has 0 spiro atoms. The summed E-state index contributed by atoms with van der Waals surface area (Å²) < 4.78 is 4.38. The number of hydrogen-bond donors (Lipinski definition) is 2. The highest BCUT2D eigenvalue weighted by molar-refractivity contribution is 7.99. The first-order chi connectivity index (χ1) is 12.1. The molecule has 0 aliphatic carbocycles. The van der Waals surface area contributed by atoms with Crippen LogP contribution < -0.4 is 10.6 Å². The minimum Gasteiger partial charge on any atom is -0.453 e. The number of ether oxygens (including phenoxy) is 1. The molecule has 2 N–H and O–H groups in total. The Kier molecular flexibility index (Phi) is 7.49. The lowest BCUT2D eigenvalue weighted by atomic mass is 10.3. The van der Waals surface area contributed by atoms with E-state index in [1.165, 1.54) is 23.3 Å². The van der Waals surface area contributed by atoms with Crippen molar-refractivity contribution in [2.24, 2.45) is 0 Å². The summed E-state index contributed by atoms with van der Waals surface area (Å²) in [6.07, 6.45) is 0.238. The second kappa shape index (κ2) is 9.85. The van der Waals surface area contributed by atoms with Gasteiger partial charge in [-0.05, 0) is 35.8 Å². The Morgan fingerprint density at radius 2 is 1.92 bits per heavy atom. The molecule has 1 heterocycles. The normalized spacial score (nSPS) is 10.1. The van der Waals surface area contributed by atoms with E-state index >= 15 is 0 Å². The van der Waals surface area contributed by atoms with Gasteiger partial charge in [0.2, 0.25) is 5.91 Å². The van der Waals surface area contributed by atoms with E-state index in [4.69, 9.17) is 0 Å². The number of thiophene rings is 1. The predicted octanol–water partition coefficient (Wildman–Crippen LogP) is 3.76. The fourth-order valence-corrected chi connectivity index (χ4v) is 3.60. The zero-order chi connectivity index (χ0) is 18.1. The lowest BCUT2D eigenvalue weighted by Crippen LogP contribution is -2.30. The highest BCUT2D eigenvalue weighted by Gasteiger charge is 2.17. The van der Waals surface area contributed by atoms with Crippen molar-refractivity contribution in [2.75, 3.05) is 18.2 Å². The molecule has 0 radical (unpaired) electrons. The first-order valence-corrected chi connectivity index (χ1v) is 9.41. The molecule has 0 bridgehead atoms. The molecule has 2 aromatic rings. The lowest BCUT2D eigenvalue weighted by Gasteiger charge is -2.06. The summed E-state index contributed by atoms with van der Waals surface area (Å²) in [5, 5.41) is 6.88. The molecule has 0 atom stereocenters. The first-order valence-electron chi connectivity index (χ1n) is 7.54. The van der Waals surface area contributed by atoms with E-state index in [2.05, 4.69) is 15.4 Å². The third kappa shape index (κ3) is 6.24. The van der Waals surface area contributed by atoms with Crippen molar-refractivity contribution in [3.05, 3.63) is 47.3 Å². The molecule has 2 rings (SSSR count). The van der Waals surface area contributed by atoms with E-state index in [0.717, 1.165) is 12.2 Å². The summed E-state index contributed by atoms with van der Waals surface area (Å²) in [5.41, 5.74) is 0.238. The van der Waals surface area contributed by atoms with Gasteiger partial charge < -0.3 is 10.1 Å². The van der Waals surface area contributed by atoms with Gasteiger partial charge in [0.05, 0.1) is 12.7 Å². The van der Waals surface area contributed by atoms with Crippen LogP contribution in [-0.4, -0.2) is 30.8 Å². The van der Waals surface area contributed by atoms with Gasteiger partial charge in [0.1, 0.15) is 5.00 Å². The topological polar surface area (TPSA) is 84.5 Å². The number of methoxy groups -OCH3 is 1. The summed E-state index contributed by atoms with van der Waals surface area (Å²) >= 11 is 2.92. The van der Waals surface area contributed by atoms with Gasteiger partial charge in [-0.25, -0.2) is 4.79 Å². The maximum absolute atomic E-state index is 12.0. The highest BCUT2D eigenvalue weighted by atomic mass is 32.2. The molecule has 3 amide bonds. The quantitative estimate of drug-likeness (QED) is 0.566. The van der Waals surface area contributed by atoms with E-state index in [-0.39, 0.29) is 11.5 Å². The average Bonchev–Trinajstić information content (AvgIpc) is 3.07. The predicted molar refractivity (Wildman–Crippen MR) is 99.2 cm³/mol. The fourth-order valence-electron chi connectivity index (χ4n) is 1.92. The molecule has 25 heavy (non-hydrogen) atoms. The third-order valence-corrected chi connectivity index (χ3v) is 5.05. The monoisotopic (exact) mass is 378 g/mol. The second-order valence-electron chi connectivity index (χ2n) is 4.92. The molecule has 0 aliphatic rings. The van der Waals surface area contributed by atoms with Crippen molar-refractivity contribution in [3.63, 3.8) is 0 Å². The van der Waals surface area contributed by atoms with E-state index in [1.807, 2.05) is 30.3 Å². The molecule has 6 nitrogen and oxygen atoms in total. The number of rotatable bonds is 7. The lowest BCUT2D eigenvalue weighted by molar-refractivity contribution is -0.116. The van der Waals surface area contributed by atoms with Crippen molar-refractivity contribution in [3.8, 4) is 0 Å². The van der Waals surface area contributed by atoms with Gasteiger partial charge in [-0.15, -0.1) is 23.1 Å². The van der Waals surface area contributed by atoms with E-state index in [9.17, 15) is 14.4 Å². The summed E-state index contributed by atoms with van der Waals surface area (Å²) in [7, 11) is 1.17. The Labute approximate surface area is 154 Å². The molecule has 0 unspecified atom stereocenters. The number of alkyl carbamates (subject to hydrolysis) is 1. The van der Waals surface area contributed by atoms with Gasteiger partial charge in [-0.1, -0.05) is 18.2 Å². The van der Waals surface area contributed by atoms with E-state index in [1.54, 1.807) is 23.2 Å². The first kappa shape index (κ1) is 19.0. The number of benzene rings is 1. The average molecular weight is 378 g/mol. The molecule has 132 valence electrons. The van der Waals surface area contributed by atoms with Crippen LogP contribution in [0.5, 0.6) is 0 Å². The number of hydrogen-bond acceptors (Lipinski definition) is 6. The molecule has 1 aromatic heterocycles. The van der Waals surface area contributed by atoms with E-state index in [0.29, 0.717) is 11.4 Å². The maximum atomic E-state index is 12.0. The summed E-state index contributed by atoms with van der Waals surface area (Å²) in [4.78, 5) is 36.2. The molecule has 0 fully saturated rings. The minimum absolute atomic E-state index is 0.164. The zero-order valence-corrected chi connectivity index (χ0v) is 15.2. The molecule has 8 heteroatoms. The van der Waals surface area contributed by atoms with Crippen LogP contribution in [0, 0.1) is 0 Å². The largest absolute Gasteiger partial charge is 0.453 e. The Morgan fingerprint density at radius 1 is 1.16 bits per heavy atom. The number of carbonyl (C=O) groups is 3. The number of imide groups is 1. The fraction of sp³-hybridized carbons (Fsp3) is 0.235. The second-order valence-corrected chi connectivity index (χ2v) is 7.01. The molecular formula is C17H18N2O4S2. The van der Waals surface area contributed by atoms with Gasteiger partial charge in [0, 0.05) is 11.3 Å². The molecule has 0 saturated heterocycles. The van der Waals surface area contributed by atoms with Crippen molar-refractivity contribution < 1.29 is 19.1 Å². The number of anilines is 1. The van der Waals surface area contributed by atoms with Gasteiger partial charge in [0.15, 0.2) is 0 Å². The maximum Gasteiger partial charge on any atom is 0.413 e. The van der Waals surface area contributed by atoms with Crippen molar-refractivity contribution in [1.82, 2.24) is 5.32 Å². The Hall–Kier alpha value is -2.32. The van der Waals surface area contributed by atoms with Crippen molar-refractivity contribution in [1.29, 1.82) is 0 Å². The Bertz CT molecular complexity index is 731. The SMILES string of the molecule is COC(=O)NC(=O)c1ccsc1NC(=O)CCCSc1ccccc1. The van der Waals surface area contributed by atoms with Crippen LogP contribution >= 0.6 is 23.1 Å². The van der Waals surface area contributed by atoms with Crippen LogP contribution in [0.25, 0.3) is 0 Å². The van der Waals surface area contributed by atoms with Crippen LogP contribution in [0.4, 0.5) is 9.80 Å². The smallest absolute Gasteiger partial charge is 0.413 e. The number of carbonyl (C=O) groups excluding carboxylic acids is 3. The minimum atomic E-state index is -0.841. The number of nitrogens with one attached hydrogen (secondary N) is 2. The summed E-state index contributed by atoms with van der Waals surface area (Å²) in [6.45, 7) is 0. The van der Waals surface area contributed by atoms with Crippen LogP contribution in [0.15, 0.2) is 46.7 Å². The number of amides is 3.